The Morgan fingerprint density at radius 3 is 2.45 bits per heavy atom. The molecular weight excluding hydrogens is 285 g/mol. The van der Waals surface area contributed by atoms with Crippen LogP contribution in [0.5, 0.6) is 0 Å². The van der Waals surface area contributed by atoms with Gasteiger partial charge in [-0.25, -0.2) is 18.2 Å². The van der Waals surface area contributed by atoms with Crippen LogP contribution in [-0.2, 0) is 0 Å². The van der Waals surface area contributed by atoms with Crippen LogP contribution in [0.1, 0.15) is 5.56 Å². The third-order valence-corrected chi connectivity index (χ3v) is 3.73. The third-order valence-electron chi connectivity index (χ3n) is 2.78. The van der Waals surface area contributed by atoms with E-state index in [0.717, 1.165) is 15.8 Å². The van der Waals surface area contributed by atoms with Crippen LogP contribution in [0.15, 0.2) is 30.3 Å². The van der Waals surface area contributed by atoms with Crippen molar-refractivity contribution in [3.8, 4) is 0 Å². The minimum atomic E-state index is -0.988. The van der Waals surface area contributed by atoms with E-state index >= 15 is 0 Å². The average Bonchev–Trinajstić information content (AvgIpc) is 2.75. The van der Waals surface area contributed by atoms with Gasteiger partial charge in [-0.1, -0.05) is 17.4 Å². The van der Waals surface area contributed by atoms with Gasteiger partial charge in [0.05, 0.1) is 10.2 Å². The number of nitrogens with zero attached hydrogens (tertiary/aromatic N) is 1. The Labute approximate surface area is 116 Å². The summed E-state index contributed by atoms with van der Waals surface area (Å²) < 4.78 is 40.8. The Bertz CT molecular complexity index is 775. The van der Waals surface area contributed by atoms with Crippen LogP contribution >= 0.6 is 11.3 Å². The molecule has 1 N–H and O–H groups in total. The smallest absolute Gasteiger partial charge is 0.188 e. The van der Waals surface area contributed by atoms with Crippen molar-refractivity contribution in [2.45, 2.75) is 6.92 Å². The van der Waals surface area contributed by atoms with Crippen LogP contribution in [0, 0.1) is 24.4 Å². The minimum Gasteiger partial charge on any atom is -0.327 e. The van der Waals surface area contributed by atoms with Gasteiger partial charge in [-0.3, -0.25) is 0 Å². The van der Waals surface area contributed by atoms with Crippen LogP contribution in [0.2, 0.25) is 0 Å². The molecule has 0 bridgehead atoms. The van der Waals surface area contributed by atoms with E-state index < -0.39 is 23.1 Å². The number of hydrogen-bond donors (Lipinski definition) is 1. The highest BCUT2D eigenvalue weighted by Gasteiger charge is 2.13. The number of thiazole rings is 1. The monoisotopic (exact) mass is 294 g/mol. The zero-order valence-corrected chi connectivity index (χ0v) is 11.2. The number of rotatable bonds is 2. The molecule has 0 saturated carbocycles. The third kappa shape index (κ3) is 2.34. The first-order valence-electron chi connectivity index (χ1n) is 5.82. The molecule has 0 amide bonds. The van der Waals surface area contributed by atoms with Gasteiger partial charge >= 0.3 is 0 Å². The van der Waals surface area contributed by atoms with E-state index in [2.05, 4.69) is 10.3 Å². The van der Waals surface area contributed by atoms with E-state index in [1.807, 2.05) is 25.1 Å². The molecule has 2 nitrogen and oxygen atoms in total. The summed E-state index contributed by atoms with van der Waals surface area (Å²) in [5.74, 6) is -2.93. The van der Waals surface area contributed by atoms with Crippen LogP contribution in [0.25, 0.3) is 10.2 Å². The Morgan fingerprint density at radius 2 is 1.75 bits per heavy atom. The summed E-state index contributed by atoms with van der Waals surface area (Å²) in [6.45, 7) is 1.94. The van der Waals surface area contributed by atoms with Crippen molar-refractivity contribution in [1.82, 2.24) is 4.98 Å². The lowest BCUT2D eigenvalue weighted by Gasteiger charge is -2.05. The molecule has 3 rings (SSSR count). The standard InChI is InChI=1S/C14H9F3N2S/c1-7-2-3-12-11(4-7)18-14(20-12)19-13-9(16)5-8(15)6-10(13)17/h2-6H,1H3,(H,18,19). The van der Waals surface area contributed by atoms with Gasteiger partial charge in [-0.2, -0.15) is 0 Å². The zero-order chi connectivity index (χ0) is 14.3. The molecular formula is C14H9F3N2S. The maximum absolute atomic E-state index is 13.6. The van der Waals surface area contributed by atoms with Crippen molar-refractivity contribution in [3.05, 3.63) is 53.3 Å². The summed E-state index contributed by atoms with van der Waals surface area (Å²) in [4.78, 5) is 4.25. The maximum atomic E-state index is 13.6. The normalized spacial score (nSPS) is 11.0. The number of aromatic nitrogens is 1. The average molecular weight is 294 g/mol. The molecule has 0 unspecified atom stereocenters. The summed E-state index contributed by atoms with van der Waals surface area (Å²) in [5, 5.41) is 2.92. The van der Waals surface area contributed by atoms with E-state index in [4.69, 9.17) is 0 Å². The zero-order valence-electron chi connectivity index (χ0n) is 10.4. The van der Waals surface area contributed by atoms with Crippen molar-refractivity contribution in [2.75, 3.05) is 5.32 Å². The molecule has 0 aliphatic rings. The topological polar surface area (TPSA) is 24.9 Å². The van der Waals surface area contributed by atoms with Gasteiger partial charge in [0.25, 0.3) is 0 Å². The van der Waals surface area contributed by atoms with Gasteiger partial charge in [0.1, 0.15) is 11.5 Å². The first-order valence-corrected chi connectivity index (χ1v) is 6.63. The van der Waals surface area contributed by atoms with Crippen molar-refractivity contribution < 1.29 is 13.2 Å². The lowest BCUT2D eigenvalue weighted by atomic mass is 10.2. The highest BCUT2D eigenvalue weighted by atomic mass is 32.1. The quantitative estimate of drug-likeness (QED) is 0.736. The molecule has 3 aromatic rings. The molecule has 0 fully saturated rings. The fourth-order valence-electron chi connectivity index (χ4n) is 1.86. The maximum Gasteiger partial charge on any atom is 0.188 e. The van der Waals surface area contributed by atoms with Gasteiger partial charge in [0.2, 0.25) is 0 Å². The van der Waals surface area contributed by atoms with Crippen molar-refractivity contribution in [1.29, 1.82) is 0 Å². The largest absolute Gasteiger partial charge is 0.327 e. The van der Waals surface area contributed by atoms with E-state index in [1.165, 1.54) is 11.3 Å². The highest BCUT2D eigenvalue weighted by Crippen LogP contribution is 2.31. The van der Waals surface area contributed by atoms with Crippen LogP contribution < -0.4 is 5.32 Å². The second kappa shape index (κ2) is 4.79. The molecule has 2 aromatic carbocycles. The number of fused-ring (bicyclic) bond motifs is 1. The highest BCUT2D eigenvalue weighted by molar-refractivity contribution is 7.22. The molecule has 0 spiro atoms. The number of anilines is 2. The second-order valence-electron chi connectivity index (χ2n) is 4.36. The number of aryl methyl sites for hydroxylation is 1. The van der Waals surface area contributed by atoms with Gasteiger partial charge in [0, 0.05) is 12.1 Å². The van der Waals surface area contributed by atoms with Crippen LogP contribution in [0.4, 0.5) is 24.0 Å². The number of nitrogens with one attached hydrogen (secondary N) is 1. The van der Waals surface area contributed by atoms with Gasteiger partial charge in [-0.05, 0) is 24.6 Å². The lowest BCUT2D eigenvalue weighted by molar-refractivity contribution is 0.549. The molecule has 0 atom stereocenters. The predicted molar refractivity (Wildman–Crippen MR) is 74.0 cm³/mol. The second-order valence-corrected chi connectivity index (χ2v) is 5.39. The summed E-state index contributed by atoms with van der Waals surface area (Å²) in [7, 11) is 0. The summed E-state index contributed by atoms with van der Waals surface area (Å²) in [5.41, 5.74) is 1.40. The lowest BCUT2D eigenvalue weighted by Crippen LogP contribution is -1.98. The minimum absolute atomic E-state index is 0.356. The summed E-state index contributed by atoms with van der Waals surface area (Å²) >= 11 is 1.27. The molecule has 0 aliphatic heterocycles. The van der Waals surface area contributed by atoms with Crippen molar-refractivity contribution in [3.63, 3.8) is 0 Å². The molecule has 0 radical (unpaired) electrons. The molecule has 1 aromatic heterocycles. The molecule has 1 heterocycles. The molecule has 0 saturated heterocycles. The first-order chi connectivity index (χ1) is 9.52. The SMILES string of the molecule is Cc1ccc2sc(Nc3c(F)cc(F)cc3F)nc2c1. The van der Waals surface area contributed by atoms with Crippen LogP contribution in [0.3, 0.4) is 0 Å². The Kier molecular flexibility index (Phi) is 3.10. The molecule has 0 aliphatic carbocycles. The van der Waals surface area contributed by atoms with E-state index in [-0.39, 0.29) is 0 Å². The van der Waals surface area contributed by atoms with Crippen LogP contribution in [-0.4, -0.2) is 4.98 Å². The molecule has 102 valence electrons. The van der Waals surface area contributed by atoms with Crippen molar-refractivity contribution in [2.24, 2.45) is 0 Å². The fourth-order valence-corrected chi connectivity index (χ4v) is 2.71. The predicted octanol–water partition coefficient (Wildman–Crippen LogP) is 4.77. The number of benzene rings is 2. The Morgan fingerprint density at radius 1 is 1.05 bits per heavy atom. The Balaban J connectivity index is 2.01. The summed E-state index contributed by atoms with van der Waals surface area (Å²) in [6, 6.07) is 6.97. The number of halogens is 3. The number of hydrogen-bond acceptors (Lipinski definition) is 3. The summed E-state index contributed by atoms with van der Waals surface area (Å²) in [6.07, 6.45) is 0. The van der Waals surface area contributed by atoms with Gasteiger partial charge in [0.15, 0.2) is 16.8 Å². The van der Waals surface area contributed by atoms with E-state index in [0.29, 0.717) is 17.3 Å². The van der Waals surface area contributed by atoms with E-state index in [1.54, 1.807) is 0 Å². The van der Waals surface area contributed by atoms with Gasteiger partial charge in [-0.15, -0.1) is 0 Å². The van der Waals surface area contributed by atoms with Crippen molar-refractivity contribution >= 4 is 32.4 Å². The molecule has 6 heteroatoms. The molecule has 20 heavy (non-hydrogen) atoms. The van der Waals surface area contributed by atoms with E-state index in [9.17, 15) is 13.2 Å². The fraction of sp³-hybridized carbons (Fsp3) is 0.0714. The Hall–Kier alpha value is -2.08. The van der Waals surface area contributed by atoms with Gasteiger partial charge < -0.3 is 5.32 Å². The first kappa shape index (κ1) is 12.9.